The molecule has 1 aromatic heterocycles. The van der Waals surface area contributed by atoms with Crippen LogP contribution in [0.2, 0.25) is 0 Å². The summed E-state index contributed by atoms with van der Waals surface area (Å²) in [6.45, 7) is 0. The molecule has 0 aliphatic rings. The Morgan fingerprint density at radius 1 is 1.00 bits per heavy atom. The standard InChI is InChI=1S/C16H12F2O2/c17-12-6-2-1-4-10(12)8-14(19)15-9-11-5-3-7-13(18)16(11)20-15/h1-7,9,14,19H,8H2. The van der Waals surface area contributed by atoms with E-state index in [-0.39, 0.29) is 23.6 Å². The molecule has 1 atom stereocenters. The van der Waals surface area contributed by atoms with Crippen LogP contribution in [0.25, 0.3) is 11.0 Å². The van der Waals surface area contributed by atoms with E-state index >= 15 is 0 Å². The number of fused-ring (bicyclic) bond motifs is 1. The lowest BCUT2D eigenvalue weighted by Gasteiger charge is -2.08. The van der Waals surface area contributed by atoms with Crippen molar-refractivity contribution < 1.29 is 18.3 Å². The first-order valence-electron chi connectivity index (χ1n) is 6.24. The second-order valence-electron chi connectivity index (χ2n) is 4.62. The third-order valence-corrected chi connectivity index (χ3v) is 3.21. The van der Waals surface area contributed by atoms with Crippen molar-refractivity contribution in [2.45, 2.75) is 12.5 Å². The van der Waals surface area contributed by atoms with Gasteiger partial charge in [-0.3, -0.25) is 0 Å². The zero-order chi connectivity index (χ0) is 14.1. The molecule has 1 unspecified atom stereocenters. The Morgan fingerprint density at radius 3 is 2.50 bits per heavy atom. The quantitative estimate of drug-likeness (QED) is 0.783. The van der Waals surface area contributed by atoms with Crippen LogP contribution < -0.4 is 0 Å². The molecule has 0 amide bonds. The smallest absolute Gasteiger partial charge is 0.170 e. The fraction of sp³-hybridized carbons (Fsp3) is 0.125. The van der Waals surface area contributed by atoms with E-state index in [0.717, 1.165) is 0 Å². The predicted molar refractivity (Wildman–Crippen MR) is 71.2 cm³/mol. The van der Waals surface area contributed by atoms with Crippen molar-refractivity contribution in [3.8, 4) is 0 Å². The average Bonchev–Trinajstić information content (AvgIpc) is 2.87. The molecule has 0 radical (unpaired) electrons. The highest BCUT2D eigenvalue weighted by Gasteiger charge is 2.17. The van der Waals surface area contributed by atoms with Crippen LogP contribution in [0.1, 0.15) is 17.4 Å². The van der Waals surface area contributed by atoms with Gasteiger partial charge in [-0.25, -0.2) is 8.78 Å². The van der Waals surface area contributed by atoms with Gasteiger partial charge in [-0.2, -0.15) is 0 Å². The Kier molecular flexibility index (Phi) is 3.24. The van der Waals surface area contributed by atoms with E-state index in [1.165, 1.54) is 12.1 Å². The molecule has 1 N–H and O–H groups in total. The molecule has 20 heavy (non-hydrogen) atoms. The molecule has 4 heteroatoms. The van der Waals surface area contributed by atoms with Crippen molar-refractivity contribution in [1.82, 2.24) is 0 Å². The summed E-state index contributed by atoms with van der Waals surface area (Å²) in [6.07, 6.45) is -0.938. The Bertz CT molecular complexity index is 749. The van der Waals surface area contributed by atoms with E-state index in [1.54, 1.807) is 36.4 Å². The maximum absolute atomic E-state index is 13.5. The maximum atomic E-state index is 13.5. The van der Waals surface area contributed by atoms with Gasteiger partial charge in [0.05, 0.1) is 0 Å². The predicted octanol–water partition coefficient (Wildman–Crippen LogP) is 3.99. The fourth-order valence-electron chi connectivity index (χ4n) is 2.18. The number of hydrogen-bond donors (Lipinski definition) is 1. The first-order valence-corrected chi connectivity index (χ1v) is 6.24. The van der Waals surface area contributed by atoms with Crippen molar-refractivity contribution >= 4 is 11.0 Å². The summed E-state index contributed by atoms with van der Waals surface area (Å²) < 4.78 is 32.4. The summed E-state index contributed by atoms with van der Waals surface area (Å²) in [5, 5.41) is 10.7. The second-order valence-corrected chi connectivity index (χ2v) is 4.62. The van der Waals surface area contributed by atoms with Crippen LogP contribution >= 0.6 is 0 Å². The molecule has 0 fully saturated rings. The van der Waals surface area contributed by atoms with Gasteiger partial charge in [-0.05, 0) is 23.8 Å². The zero-order valence-corrected chi connectivity index (χ0v) is 10.5. The monoisotopic (exact) mass is 274 g/mol. The molecule has 3 rings (SSSR count). The lowest BCUT2D eigenvalue weighted by Crippen LogP contribution is -2.02. The van der Waals surface area contributed by atoms with E-state index < -0.39 is 11.9 Å². The van der Waals surface area contributed by atoms with Gasteiger partial charge in [0, 0.05) is 11.8 Å². The molecule has 2 aromatic carbocycles. The summed E-state index contributed by atoms with van der Waals surface area (Å²) in [4.78, 5) is 0. The summed E-state index contributed by atoms with van der Waals surface area (Å²) in [5.41, 5.74) is 0.496. The number of halogens is 2. The number of para-hydroxylation sites is 1. The van der Waals surface area contributed by atoms with Gasteiger partial charge in [0.1, 0.15) is 17.7 Å². The molecule has 3 aromatic rings. The van der Waals surface area contributed by atoms with Crippen LogP contribution in [0, 0.1) is 11.6 Å². The van der Waals surface area contributed by atoms with Crippen LogP contribution in [0.5, 0.6) is 0 Å². The van der Waals surface area contributed by atoms with Crippen molar-refractivity contribution in [2.24, 2.45) is 0 Å². The van der Waals surface area contributed by atoms with E-state index in [1.807, 2.05) is 0 Å². The number of aliphatic hydroxyl groups excluding tert-OH is 1. The average molecular weight is 274 g/mol. The van der Waals surface area contributed by atoms with Crippen LogP contribution in [0.4, 0.5) is 8.78 Å². The Morgan fingerprint density at radius 2 is 1.75 bits per heavy atom. The third kappa shape index (κ3) is 2.30. The van der Waals surface area contributed by atoms with Gasteiger partial charge in [0.15, 0.2) is 11.4 Å². The lowest BCUT2D eigenvalue weighted by atomic mass is 10.1. The van der Waals surface area contributed by atoms with Crippen LogP contribution in [0.15, 0.2) is 52.9 Å². The van der Waals surface area contributed by atoms with E-state index in [9.17, 15) is 13.9 Å². The van der Waals surface area contributed by atoms with Crippen LogP contribution in [-0.4, -0.2) is 5.11 Å². The molecule has 0 bridgehead atoms. The molecular formula is C16H12F2O2. The lowest BCUT2D eigenvalue weighted by molar-refractivity contribution is 0.151. The number of hydrogen-bond acceptors (Lipinski definition) is 2. The molecule has 0 saturated heterocycles. The first-order chi connectivity index (χ1) is 9.65. The molecule has 0 saturated carbocycles. The first kappa shape index (κ1) is 12.8. The summed E-state index contributed by atoms with van der Waals surface area (Å²) in [7, 11) is 0. The van der Waals surface area contributed by atoms with Gasteiger partial charge in [0.2, 0.25) is 0 Å². The topological polar surface area (TPSA) is 33.4 Å². The van der Waals surface area contributed by atoms with Gasteiger partial charge >= 0.3 is 0 Å². The van der Waals surface area contributed by atoms with E-state index in [2.05, 4.69) is 0 Å². The van der Waals surface area contributed by atoms with E-state index in [0.29, 0.717) is 10.9 Å². The minimum atomic E-state index is -1.02. The summed E-state index contributed by atoms with van der Waals surface area (Å²) in [6, 6.07) is 12.3. The minimum Gasteiger partial charge on any atom is -0.455 e. The van der Waals surface area contributed by atoms with Gasteiger partial charge in [0.25, 0.3) is 0 Å². The Balaban J connectivity index is 1.91. The highest BCUT2D eigenvalue weighted by Crippen LogP contribution is 2.28. The second kappa shape index (κ2) is 5.06. The number of benzene rings is 2. The van der Waals surface area contributed by atoms with E-state index in [4.69, 9.17) is 4.42 Å². The Hall–Kier alpha value is -2.20. The number of rotatable bonds is 3. The SMILES string of the molecule is OC(Cc1ccccc1F)c1cc2cccc(F)c2o1. The van der Waals surface area contributed by atoms with Crippen molar-refractivity contribution in [3.63, 3.8) is 0 Å². The molecule has 2 nitrogen and oxygen atoms in total. The largest absolute Gasteiger partial charge is 0.455 e. The Labute approximate surface area is 114 Å². The van der Waals surface area contributed by atoms with Gasteiger partial charge in [-0.1, -0.05) is 30.3 Å². The van der Waals surface area contributed by atoms with Crippen LogP contribution in [0.3, 0.4) is 0 Å². The highest BCUT2D eigenvalue weighted by molar-refractivity contribution is 5.78. The maximum Gasteiger partial charge on any atom is 0.170 e. The fourth-order valence-corrected chi connectivity index (χ4v) is 2.18. The van der Waals surface area contributed by atoms with Gasteiger partial charge in [-0.15, -0.1) is 0 Å². The van der Waals surface area contributed by atoms with Crippen molar-refractivity contribution in [1.29, 1.82) is 0 Å². The summed E-state index contributed by atoms with van der Waals surface area (Å²) in [5.74, 6) is -0.631. The molecule has 102 valence electrons. The van der Waals surface area contributed by atoms with Crippen molar-refractivity contribution in [2.75, 3.05) is 0 Å². The number of furan rings is 1. The minimum absolute atomic E-state index is 0.0775. The highest BCUT2D eigenvalue weighted by atomic mass is 19.1. The van der Waals surface area contributed by atoms with Crippen molar-refractivity contribution in [3.05, 3.63) is 71.5 Å². The normalized spacial score (nSPS) is 12.8. The summed E-state index contributed by atoms with van der Waals surface area (Å²) >= 11 is 0. The molecular weight excluding hydrogens is 262 g/mol. The molecule has 0 spiro atoms. The third-order valence-electron chi connectivity index (χ3n) is 3.21. The molecule has 0 aliphatic heterocycles. The zero-order valence-electron chi connectivity index (χ0n) is 10.5. The molecule has 1 heterocycles. The molecule has 0 aliphatic carbocycles. The van der Waals surface area contributed by atoms with Gasteiger partial charge < -0.3 is 9.52 Å². The number of aliphatic hydroxyl groups is 1. The van der Waals surface area contributed by atoms with Crippen LogP contribution in [-0.2, 0) is 6.42 Å².